The van der Waals surface area contributed by atoms with Crippen LogP contribution < -0.4 is 15.0 Å². The Balaban J connectivity index is 1.86. The number of nitrogens with zero attached hydrogens (tertiary/aromatic N) is 3. The zero-order chi connectivity index (χ0) is 27.9. The van der Waals surface area contributed by atoms with Crippen molar-refractivity contribution in [3.63, 3.8) is 0 Å². The lowest BCUT2D eigenvalue weighted by Crippen LogP contribution is -2.21. The van der Waals surface area contributed by atoms with E-state index in [2.05, 4.69) is 18.9 Å². The Morgan fingerprint density at radius 2 is 1.74 bits per heavy atom. The van der Waals surface area contributed by atoms with Crippen LogP contribution in [0.3, 0.4) is 0 Å². The van der Waals surface area contributed by atoms with E-state index in [9.17, 15) is 9.59 Å². The molecule has 0 spiro atoms. The van der Waals surface area contributed by atoms with Crippen LogP contribution in [0.2, 0.25) is 0 Å². The highest BCUT2D eigenvalue weighted by Crippen LogP contribution is 2.34. The van der Waals surface area contributed by atoms with E-state index >= 15 is 0 Å². The van der Waals surface area contributed by atoms with Gasteiger partial charge in [-0.1, -0.05) is 38.1 Å². The summed E-state index contributed by atoms with van der Waals surface area (Å²) in [7, 11) is 0. The van der Waals surface area contributed by atoms with Crippen molar-refractivity contribution < 1.29 is 19.0 Å². The fraction of sp³-hybridized carbons (Fsp3) is 0.290. The number of esters is 1. The van der Waals surface area contributed by atoms with Gasteiger partial charge in [0.25, 0.3) is 5.56 Å². The van der Waals surface area contributed by atoms with Gasteiger partial charge in [0.05, 0.1) is 30.3 Å². The molecule has 0 bridgehead atoms. The van der Waals surface area contributed by atoms with Gasteiger partial charge in [-0.2, -0.15) is 9.78 Å². The minimum absolute atomic E-state index is 0.193. The molecule has 8 nitrogen and oxygen atoms in total. The van der Waals surface area contributed by atoms with Crippen molar-refractivity contribution >= 4 is 23.1 Å². The van der Waals surface area contributed by atoms with Gasteiger partial charge in [-0.3, -0.25) is 4.79 Å². The standard InChI is InChI=1S/C31H33N3O5/c1-6-37-28-16-21(5)25(17-24(28)20(3)4)30-33-26-14-10-9-13-23(26)31(36)34(30)32-18-22-12-8-11-15-27(22)39-19-29(35)38-7-2/h8-18,20H,6-7,19H2,1-5H3. The van der Waals surface area contributed by atoms with Crippen molar-refractivity contribution in [3.05, 3.63) is 87.7 Å². The Labute approximate surface area is 227 Å². The predicted octanol–water partition coefficient (Wildman–Crippen LogP) is 5.72. The van der Waals surface area contributed by atoms with E-state index in [4.69, 9.17) is 19.2 Å². The van der Waals surface area contributed by atoms with Gasteiger partial charge in [-0.25, -0.2) is 9.78 Å². The lowest BCUT2D eigenvalue weighted by Gasteiger charge is -2.18. The number of hydrogen-bond acceptors (Lipinski definition) is 7. The zero-order valence-corrected chi connectivity index (χ0v) is 22.9. The van der Waals surface area contributed by atoms with Crippen LogP contribution in [0.25, 0.3) is 22.3 Å². The Morgan fingerprint density at radius 1 is 1.00 bits per heavy atom. The van der Waals surface area contributed by atoms with E-state index in [-0.39, 0.29) is 24.7 Å². The van der Waals surface area contributed by atoms with Crippen molar-refractivity contribution in [2.75, 3.05) is 19.8 Å². The summed E-state index contributed by atoms with van der Waals surface area (Å²) in [6, 6.07) is 18.4. The van der Waals surface area contributed by atoms with Crippen LogP contribution in [0.15, 0.2) is 70.6 Å². The second-order valence-corrected chi connectivity index (χ2v) is 9.24. The monoisotopic (exact) mass is 527 g/mol. The third kappa shape index (κ3) is 6.17. The van der Waals surface area contributed by atoms with E-state index in [0.29, 0.717) is 34.6 Å². The number of benzene rings is 3. The summed E-state index contributed by atoms with van der Waals surface area (Å²) in [5, 5.41) is 5.05. The van der Waals surface area contributed by atoms with Gasteiger partial charge in [0.15, 0.2) is 12.4 Å². The number of aryl methyl sites for hydroxylation is 1. The van der Waals surface area contributed by atoms with Gasteiger partial charge in [-0.05, 0) is 74.2 Å². The molecule has 0 saturated heterocycles. The molecule has 1 aromatic heterocycles. The van der Waals surface area contributed by atoms with Crippen molar-refractivity contribution in [3.8, 4) is 22.9 Å². The van der Waals surface area contributed by atoms with Crippen LogP contribution in [-0.4, -0.2) is 41.7 Å². The second kappa shape index (κ2) is 12.4. The first-order valence-corrected chi connectivity index (χ1v) is 13.0. The SMILES string of the molecule is CCOC(=O)COc1ccccc1C=Nn1c(-c2cc(C(C)C)c(OCC)cc2C)nc2ccccc2c1=O. The molecular formula is C31H33N3O5. The molecule has 0 saturated carbocycles. The molecule has 0 amide bonds. The Bertz CT molecular complexity index is 1570. The molecule has 4 rings (SSSR count). The topological polar surface area (TPSA) is 92.0 Å². The van der Waals surface area contributed by atoms with Gasteiger partial charge in [0.2, 0.25) is 0 Å². The maximum absolute atomic E-state index is 13.7. The molecule has 4 aromatic rings. The highest BCUT2D eigenvalue weighted by atomic mass is 16.6. The van der Waals surface area contributed by atoms with Crippen molar-refractivity contribution in [1.82, 2.24) is 9.66 Å². The van der Waals surface area contributed by atoms with Crippen LogP contribution in [0.1, 0.15) is 50.3 Å². The lowest BCUT2D eigenvalue weighted by molar-refractivity contribution is -0.145. The summed E-state index contributed by atoms with van der Waals surface area (Å²) in [6.07, 6.45) is 1.54. The largest absolute Gasteiger partial charge is 0.494 e. The summed E-state index contributed by atoms with van der Waals surface area (Å²) >= 11 is 0. The maximum atomic E-state index is 13.7. The van der Waals surface area contributed by atoms with E-state index in [1.165, 1.54) is 10.9 Å². The minimum atomic E-state index is -0.464. The summed E-state index contributed by atoms with van der Waals surface area (Å²) in [4.78, 5) is 30.4. The highest BCUT2D eigenvalue weighted by Gasteiger charge is 2.18. The number of carbonyl (C=O) groups excluding carboxylic acids is 1. The number of carbonyl (C=O) groups is 1. The summed E-state index contributed by atoms with van der Waals surface area (Å²) in [6.45, 7) is 10.5. The average molecular weight is 528 g/mol. The molecule has 0 N–H and O–H groups in total. The molecule has 0 aliphatic heterocycles. The fourth-order valence-electron chi connectivity index (χ4n) is 4.25. The molecule has 0 aliphatic carbocycles. The normalized spacial score (nSPS) is 11.3. The number of fused-ring (bicyclic) bond motifs is 1. The molecule has 0 radical (unpaired) electrons. The number of ether oxygens (including phenoxy) is 3. The molecule has 3 aromatic carbocycles. The number of aromatic nitrogens is 2. The predicted molar refractivity (Wildman–Crippen MR) is 153 cm³/mol. The van der Waals surface area contributed by atoms with E-state index in [0.717, 1.165) is 22.4 Å². The van der Waals surface area contributed by atoms with Crippen LogP contribution in [0.4, 0.5) is 0 Å². The van der Waals surface area contributed by atoms with Gasteiger partial charge in [0, 0.05) is 11.1 Å². The number of para-hydroxylation sites is 2. The van der Waals surface area contributed by atoms with E-state index in [1.807, 2.05) is 44.2 Å². The van der Waals surface area contributed by atoms with Gasteiger partial charge < -0.3 is 14.2 Å². The van der Waals surface area contributed by atoms with E-state index in [1.54, 1.807) is 37.3 Å². The maximum Gasteiger partial charge on any atom is 0.344 e. The first-order chi connectivity index (χ1) is 18.8. The number of rotatable bonds is 10. The summed E-state index contributed by atoms with van der Waals surface area (Å²) in [5.74, 6) is 1.41. The summed E-state index contributed by atoms with van der Waals surface area (Å²) < 4.78 is 17.8. The van der Waals surface area contributed by atoms with Crippen LogP contribution >= 0.6 is 0 Å². The average Bonchev–Trinajstić information content (AvgIpc) is 2.92. The minimum Gasteiger partial charge on any atom is -0.494 e. The molecule has 0 fully saturated rings. The molecule has 0 atom stereocenters. The Kier molecular flexibility index (Phi) is 8.76. The number of hydrogen-bond donors (Lipinski definition) is 0. The fourth-order valence-corrected chi connectivity index (χ4v) is 4.25. The molecule has 8 heteroatoms. The van der Waals surface area contributed by atoms with Crippen molar-refractivity contribution in [2.45, 2.75) is 40.5 Å². The third-order valence-electron chi connectivity index (χ3n) is 6.16. The van der Waals surface area contributed by atoms with Gasteiger partial charge >= 0.3 is 5.97 Å². The smallest absolute Gasteiger partial charge is 0.344 e. The zero-order valence-electron chi connectivity index (χ0n) is 22.9. The Hall–Kier alpha value is -4.46. The van der Waals surface area contributed by atoms with Crippen molar-refractivity contribution in [2.24, 2.45) is 5.10 Å². The third-order valence-corrected chi connectivity index (χ3v) is 6.16. The Morgan fingerprint density at radius 3 is 2.49 bits per heavy atom. The second-order valence-electron chi connectivity index (χ2n) is 9.24. The molecule has 39 heavy (non-hydrogen) atoms. The van der Waals surface area contributed by atoms with Crippen LogP contribution in [0, 0.1) is 6.92 Å². The lowest BCUT2D eigenvalue weighted by atomic mass is 9.96. The first kappa shape index (κ1) is 27.6. The van der Waals surface area contributed by atoms with Crippen molar-refractivity contribution in [1.29, 1.82) is 0 Å². The summed E-state index contributed by atoms with van der Waals surface area (Å²) in [5.41, 5.74) is 3.60. The van der Waals surface area contributed by atoms with Crippen LogP contribution in [0.5, 0.6) is 11.5 Å². The quantitative estimate of drug-likeness (QED) is 0.194. The molecule has 202 valence electrons. The van der Waals surface area contributed by atoms with Gasteiger partial charge in [0.1, 0.15) is 11.5 Å². The molecule has 0 unspecified atom stereocenters. The van der Waals surface area contributed by atoms with Crippen LogP contribution in [-0.2, 0) is 9.53 Å². The first-order valence-electron chi connectivity index (χ1n) is 13.0. The molecule has 1 heterocycles. The van der Waals surface area contributed by atoms with Gasteiger partial charge in [-0.15, -0.1) is 0 Å². The highest BCUT2D eigenvalue weighted by molar-refractivity contribution is 5.85. The van der Waals surface area contributed by atoms with E-state index < -0.39 is 5.97 Å². The molecular weight excluding hydrogens is 494 g/mol. The molecule has 0 aliphatic rings.